The molecule has 0 saturated carbocycles. The van der Waals surface area contributed by atoms with Gasteiger partial charge in [0.25, 0.3) is 0 Å². The van der Waals surface area contributed by atoms with E-state index in [0.29, 0.717) is 5.56 Å². The average Bonchev–Trinajstić information content (AvgIpc) is 2.15. The van der Waals surface area contributed by atoms with Crippen molar-refractivity contribution in [3.8, 4) is 6.07 Å². The van der Waals surface area contributed by atoms with Gasteiger partial charge in [0, 0.05) is 4.47 Å². The molecule has 0 aliphatic heterocycles. The molecule has 0 saturated heterocycles. The van der Waals surface area contributed by atoms with Gasteiger partial charge >= 0.3 is 51.4 Å². The molecule has 1 rings (SSSR count). The maximum Gasteiger partial charge on any atom is 1.00 e. The Morgan fingerprint density at radius 2 is 1.93 bits per heavy atom. The Morgan fingerprint density at radius 3 is 2.33 bits per heavy atom. The molecule has 0 radical (unpaired) electrons. The first-order valence-corrected chi connectivity index (χ1v) is 4.51. The summed E-state index contributed by atoms with van der Waals surface area (Å²) < 4.78 is 0.868. The molecule has 0 N–H and O–H groups in total. The van der Waals surface area contributed by atoms with E-state index >= 15 is 0 Å². The number of halogens is 1. The molecule has 0 bridgehead atoms. The van der Waals surface area contributed by atoms with E-state index in [2.05, 4.69) is 15.9 Å². The van der Waals surface area contributed by atoms with E-state index in [9.17, 15) is 9.90 Å². The minimum Gasteiger partial charge on any atom is -0.545 e. The number of carbonyl (C=O) groups is 1. The first kappa shape index (κ1) is 15.0. The number of aliphatic carboxylic acids is 1. The number of allylic oxidation sites excluding steroid dienone is 1. The molecule has 5 heteroatoms. The first-order chi connectivity index (χ1) is 6.63. The zero-order chi connectivity index (χ0) is 10.6. The van der Waals surface area contributed by atoms with Gasteiger partial charge in [-0.1, -0.05) is 28.1 Å². The molecule has 3 nitrogen and oxygen atoms in total. The van der Waals surface area contributed by atoms with Crippen LogP contribution in [0.25, 0.3) is 5.57 Å². The molecule has 1 aromatic carbocycles. The van der Waals surface area contributed by atoms with Gasteiger partial charge in [0.05, 0.1) is 17.6 Å². The van der Waals surface area contributed by atoms with E-state index in [1.165, 1.54) is 0 Å². The topological polar surface area (TPSA) is 63.9 Å². The van der Waals surface area contributed by atoms with Crippen molar-refractivity contribution in [1.82, 2.24) is 0 Å². The van der Waals surface area contributed by atoms with Gasteiger partial charge in [0.1, 0.15) is 0 Å². The van der Waals surface area contributed by atoms with Crippen molar-refractivity contribution < 1.29 is 61.3 Å². The fraction of sp³-hybridized carbons (Fsp3) is 0. The molecule has 0 atom stereocenters. The van der Waals surface area contributed by atoms with Crippen molar-refractivity contribution >= 4 is 27.5 Å². The number of carboxylic acid groups (broad SMARTS) is 1. The van der Waals surface area contributed by atoms with Crippen LogP contribution in [0.2, 0.25) is 0 Å². The molecule has 0 heterocycles. The third-order valence-corrected chi connectivity index (χ3v) is 2.07. The van der Waals surface area contributed by atoms with E-state index < -0.39 is 5.97 Å². The second-order valence-corrected chi connectivity index (χ2v) is 3.41. The second kappa shape index (κ2) is 7.33. The molecule has 0 aromatic heterocycles. The zero-order valence-electron chi connectivity index (χ0n) is 8.03. The third kappa shape index (κ3) is 5.07. The van der Waals surface area contributed by atoms with Crippen molar-refractivity contribution in [2.75, 3.05) is 0 Å². The molecule has 70 valence electrons. The van der Waals surface area contributed by atoms with E-state index in [-0.39, 0.29) is 57.0 Å². The van der Waals surface area contributed by atoms with E-state index in [1.807, 2.05) is 0 Å². The molecule has 15 heavy (non-hydrogen) atoms. The Hall–Kier alpha value is 0.0364. The fourth-order valence-corrected chi connectivity index (χ4v) is 1.19. The third-order valence-electron chi connectivity index (χ3n) is 1.54. The van der Waals surface area contributed by atoms with Gasteiger partial charge in [-0.05, 0) is 23.8 Å². The minimum atomic E-state index is -1.37. The summed E-state index contributed by atoms with van der Waals surface area (Å²) in [5, 5.41) is 18.9. The largest absolute Gasteiger partial charge is 1.00 e. The summed E-state index contributed by atoms with van der Waals surface area (Å²) in [5.74, 6) is -1.37. The zero-order valence-corrected chi connectivity index (χ0v) is 12.7. The van der Waals surface area contributed by atoms with Crippen LogP contribution in [-0.2, 0) is 4.79 Å². The first-order valence-electron chi connectivity index (χ1n) is 3.72. The molecular formula is C10H5BrKNO2. The van der Waals surface area contributed by atoms with E-state index in [1.54, 1.807) is 30.3 Å². The summed E-state index contributed by atoms with van der Waals surface area (Å²) in [6.45, 7) is 0. The number of benzene rings is 1. The van der Waals surface area contributed by atoms with Crippen molar-refractivity contribution in [2.24, 2.45) is 0 Å². The average molecular weight is 290 g/mol. The van der Waals surface area contributed by atoms with Crippen LogP contribution in [0.5, 0.6) is 0 Å². The maximum atomic E-state index is 10.3. The summed E-state index contributed by atoms with van der Waals surface area (Å²) in [5.41, 5.74) is 0.636. The molecule has 0 fully saturated rings. The SMILES string of the molecule is N#C/C(=C\C(=O)[O-])c1ccc(Br)cc1.[K+]. The van der Waals surface area contributed by atoms with Gasteiger partial charge in [0.15, 0.2) is 0 Å². The molecule has 0 aliphatic carbocycles. The van der Waals surface area contributed by atoms with Crippen molar-refractivity contribution in [3.05, 3.63) is 40.4 Å². The standard InChI is InChI=1S/C10H6BrNO2.K/c11-9-3-1-7(2-4-9)8(6-12)5-10(13)14;/h1-5H,(H,13,14);/q;+1/p-1/b8-5+;. The summed E-state index contributed by atoms with van der Waals surface area (Å²) >= 11 is 3.24. The van der Waals surface area contributed by atoms with Crippen LogP contribution < -0.4 is 56.5 Å². The van der Waals surface area contributed by atoms with Gasteiger partial charge < -0.3 is 9.90 Å². The van der Waals surface area contributed by atoms with Gasteiger partial charge in [-0.3, -0.25) is 0 Å². The Balaban J connectivity index is 0.00000196. The van der Waals surface area contributed by atoms with Crippen LogP contribution in [-0.4, -0.2) is 5.97 Å². The summed E-state index contributed by atoms with van der Waals surface area (Å²) in [4.78, 5) is 10.3. The van der Waals surface area contributed by atoms with Crippen LogP contribution in [0.4, 0.5) is 0 Å². The van der Waals surface area contributed by atoms with E-state index in [4.69, 9.17) is 5.26 Å². The molecule has 0 spiro atoms. The van der Waals surface area contributed by atoms with Gasteiger partial charge in [-0.25, -0.2) is 0 Å². The van der Waals surface area contributed by atoms with Gasteiger partial charge in [0.2, 0.25) is 0 Å². The Bertz CT molecular complexity index is 420. The maximum absolute atomic E-state index is 10.3. The number of nitrogens with zero attached hydrogens (tertiary/aromatic N) is 1. The quantitative estimate of drug-likeness (QED) is 0.363. The molecule has 0 unspecified atom stereocenters. The monoisotopic (exact) mass is 289 g/mol. The van der Waals surface area contributed by atoms with Crippen LogP contribution in [0.1, 0.15) is 5.56 Å². The minimum absolute atomic E-state index is 0. The van der Waals surface area contributed by atoms with Crippen LogP contribution in [0.3, 0.4) is 0 Å². The normalized spacial score (nSPS) is 10.0. The van der Waals surface area contributed by atoms with Crippen LogP contribution in [0, 0.1) is 11.3 Å². The number of hydrogen-bond donors (Lipinski definition) is 0. The predicted octanol–water partition coefficient (Wildman–Crippen LogP) is -1.89. The smallest absolute Gasteiger partial charge is 0.545 e. The summed E-state index contributed by atoms with van der Waals surface area (Å²) in [6, 6.07) is 8.57. The summed E-state index contributed by atoms with van der Waals surface area (Å²) in [6.07, 6.45) is 0.781. The molecule has 1 aromatic rings. The number of rotatable bonds is 2. The van der Waals surface area contributed by atoms with Crippen molar-refractivity contribution in [2.45, 2.75) is 0 Å². The van der Waals surface area contributed by atoms with Gasteiger partial charge in [-0.2, -0.15) is 5.26 Å². The van der Waals surface area contributed by atoms with Gasteiger partial charge in [-0.15, -0.1) is 0 Å². The van der Waals surface area contributed by atoms with Crippen molar-refractivity contribution in [1.29, 1.82) is 5.26 Å². The predicted molar refractivity (Wildman–Crippen MR) is 52.7 cm³/mol. The Labute approximate surface area is 138 Å². The number of hydrogen-bond acceptors (Lipinski definition) is 3. The molecule has 0 aliphatic rings. The number of carboxylic acids is 1. The van der Waals surface area contributed by atoms with Crippen molar-refractivity contribution in [3.63, 3.8) is 0 Å². The number of carbonyl (C=O) groups excluding carboxylic acids is 1. The fourth-order valence-electron chi connectivity index (χ4n) is 0.927. The van der Waals surface area contributed by atoms with E-state index in [0.717, 1.165) is 10.5 Å². The summed E-state index contributed by atoms with van der Waals surface area (Å²) in [7, 11) is 0. The van der Waals surface area contributed by atoms with Crippen LogP contribution in [0.15, 0.2) is 34.8 Å². The van der Waals surface area contributed by atoms with Crippen LogP contribution >= 0.6 is 15.9 Å². The molecular weight excluding hydrogens is 285 g/mol. The second-order valence-electron chi connectivity index (χ2n) is 2.50. The number of nitriles is 1. The Morgan fingerprint density at radius 1 is 1.40 bits per heavy atom. The molecule has 0 amide bonds. The Kier molecular flexibility index (Phi) is 7.35.